The van der Waals surface area contributed by atoms with E-state index in [2.05, 4.69) is 5.32 Å². The van der Waals surface area contributed by atoms with Gasteiger partial charge in [-0.05, 0) is 10.1 Å². The number of rotatable bonds is 4. The van der Waals surface area contributed by atoms with Crippen LogP contribution in [-0.2, 0) is 11.1 Å². The van der Waals surface area contributed by atoms with E-state index >= 15 is 0 Å². The molecule has 1 unspecified atom stereocenters. The number of benzene rings is 1. The average molecular weight is 212 g/mol. The van der Waals surface area contributed by atoms with E-state index < -0.39 is 13.3 Å². The molecule has 0 bridgehead atoms. The van der Waals surface area contributed by atoms with Crippen LogP contribution in [0.25, 0.3) is 0 Å². The highest BCUT2D eigenvalue weighted by atomic mass is 31.1. The van der Waals surface area contributed by atoms with E-state index in [-0.39, 0.29) is 0 Å². The van der Waals surface area contributed by atoms with E-state index in [9.17, 15) is 4.57 Å². The molecule has 0 aliphatic rings. The average Bonchev–Trinajstić information content (AvgIpc) is 2.16. The second-order valence-corrected chi connectivity index (χ2v) is 5.34. The van der Waals surface area contributed by atoms with Crippen LogP contribution in [0.4, 0.5) is 0 Å². The lowest BCUT2D eigenvalue weighted by molar-refractivity contribution is 0.425. The van der Waals surface area contributed by atoms with Gasteiger partial charge in [-0.1, -0.05) is 30.3 Å². The molecule has 0 aliphatic carbocycles. The first-order valence-electron chi connectivity index (χ1n) is 4.47. The molecule has 0 fully saturated rings. The molecule has 0 saturated heterocycles. The molecule has 0 spiro atoms. The lowest BCUT2D eigenvalue weighted by Gasteiger charge is -2.12. The Morgan fingerprint density at radius 2 is 1.93 bits per heavy atom. The quantitative estimate of drug-likeness (QED) is 0.752. The predicted molar refractivity (Wildman–Crippen MR) is 57.2 cm³/mol. The summed E-state index contributed by atoms with van der Waals surface area (Å²) in [5.74, 6) is 0. The van der Waals surface area contributed by atoms with Crippen molar-refractivity contribution in [3.63, 3.8) is 0 Å². The molecule has 14 heavy (non-hydrogen) atoms. The first kappa shape index (κ1) is 11.3. The Morgan fingerprint density at radius 3 is 2.43 bits per heavy atom. The van der Waals surface area contributed by atoms with Crippen molar-refractivity contribution in [1.29, 1.82) is 0 Å². The Morgan fingerprint density at radius 1 is 1.36 bits per heavy atom. The minimum atomic E-state index is -2.20. The number of hydrogen-bond acceptors (Lipinski definition) is 2. The molecule has 0 aromatic heterocycles. The van der Waals surface area contributed by atoms with Gasteiger partial charge in [0.2, 0.25) is 5.28 Å². The van der Waals surface area contributed by atoms with Crippen LogP contribution in [0, 0.1) is 0 Å². The highest BCUT2D eigenvalue weighted by Crippen LogP contribution is 2.31. The van der Waals surface area contributed by atoms with Crippen LogP contribution in [-0.4, -0.2) is 10.2 Å². The van der Waals surface area contributed by atoms with Crippen molar-refractivity contribution in [2.75, 3.05) is 0 Å². The van der Waals surface area contributed by atoms with Gasteiger partial charge < -0.3 is 0 Å². The maximum atomic E-state index is 10.9. The van der Waals surface area contributed by atoms with Gasteiger partial charge in [-0.2, -0.15) is 4.89 Å². The van der Waals surface area contributed by atoms with E-state index in [0.717, 1.165) is 5.56 Å². The summed E-state index contributed by atoms with van der Waals surface area (Å²) >= 11 is 0. The molecule has 3 nitrogen and oxygen atoms in total. The monoisotopic (exact) mass is 212 g/mol. The minimum absolute atomic E-state index is 0.607. The van der Waals surface area contributed by atoms with E-state index in [4.69, 9.17) is 4.89 Å². The molecule has 4 heteroatoms. The summed E-state index contributed by atoms with van der Waals surface area (Å²) in [7, 11) is -2.20. The zero-order chi connectivity index (χ0) is 10.6. The summed E-state index contributed by atoms with van der Waals surface area (Å²) in [6.45, 7) is 4.04. The lowest BCUT2D eigenvalue weighted by atomic mass is 10.2. The normalized spacial score (nSPS) is 12.6. The topological polar surface area (TPSA) is 49.3 Å². The molecule has 1 aromatic carbocycles. The van der Waals surface area contributed by atoms with Gasteiger partial charge in [0.15, 0.2) is 0 Å². The molecule has 0 amide bonds. The third-order valence-electron chi connectivity index (χ3n) is 2.05. The standard InChI is InChI=1S/C10H14NO2P/c1-10(2,14(12)13)11-8-9-6-4-3-5-7-9/h3-7,11H,8H2,1-2H3/p+1. The number of nitrogens with one attached hydrogen (secondary N) is 1. The van der Waals surface area contributed by atoms with E-state index in [1.54, 1.807) is 13.8 Å². The van der Waals surface area contributed by atoms with Gasteiger partial charge in [0.05, 0.1) is 0 Å². The van der Waals surface area contributed by atoms with Crippen molar-refractivity contribution in [2.45, 2.75) is 25.7 Å². The molecule has 0 heterocycles. The SMILES string of the molecule is CC(C)(NCc1ccccc1)[P+](=O)O. The third kappa shape index (κ3) is 3.18. The van der Waals surface area contributed by atoms with E-state index in [0.29, 0.717) is 6.54 Å². The van der Waals surface area contributed by atoms with Crippen LogP contribution >= 0.6 is 8.03 Å². The minimum Gasteiger partial charge on any atom is -0.265 e. The van der Waals surface area contributed by atoms with Crippen LogP contribution in [0.1, 0.15) is 19.4 Å². The highest BCUT2D eigenvalue weighted by Gasteiger charge is 2.38. The smallest absolute Gasteiger partial charge is 0.265 e. The summed E-state index contributed by atoms with van der Waals surface area (Å²) in [6, 6.07) is 9.80. The summed E-state index contributed by atoms with van der Waals surface area (Å²) in [4.78, 5) is 9.00. The summed E-state index contributed by atoms with van der Waals surface area (Å²) in [5.41, 5.74) is 1.11. The Bertz CT molecular complexity index is 311. The Hall–Kier alpha value is -0.760. The van der Waals surface area contributed by atoms with Crippen molar-refractivity contribution in [1.82, 2.24) is 5.32 Å². The van der Waals surface area contributed by atoms with Gasteiger partial charge in [0, 0.05) is 20.4 Å². The maximum absolute atomic E-state index is 10.9. The Kier molecular flexibility index (Phi) is 3.76. The third-order valence-corrected chi connectivity index (χ3v) is 3.16. The van der Waals surface area contributed by atoms with Gasteiger partial charge in [-0.3, -0.25) is 5.32 Å². The van der Waals surface area contributed by atoms with Crippen LogP contribution in [0.15, 0.2) is 30.3 Å². The van der Waals surface area contributed by atoms with Gasteiger partial charge in [-0.15, -0.1) is 0 Å². The van der Waals surface area contributed by atoms with Crippen LogP contribution < -0.4 is 5.32 Å². The largest absolute Gasteiger partial charge is 0.527 e. The molecule has 0 saturated carbocycles. The Balaban J connectivity index is 2.53. The predicted octanol–water partition coefficient (Wildman–Crippen LogP) is 2.25. The van der Waals surface area contributed by atoms with Gasteiger partial charge >= 0.3 is 8.03 Å². The maximum Gasteiger partial charge on any atom is 0.527 e. The molecule has 76 valence electrons. The molecular weight excluding hydrogens is 197 g/mol. The highest BCUT2D eigenvalue weighted by molar-refractivity contribution is 7.39. The zero-order valence-electron chi connectivity index (χ0n) is 8.40. The number of hydrogen-bond donors (Lipinski definition) is 2. The van der Waals surface area contributed by atoms with Crippen molar-refractivity contribution >= 4 is 8.03 Å². The van der Waals surface area contributed by atoms with Crippen molar-refractivity contribution in [3.8, 4) is 0 Å². The van der Waals surface area contributed by atoms with Crippen LogP contribution in [0.5, 0.6) is 0 Å². The summed E-state index contributed by atoms with van der Waals surface area (Å²) < 4.78 is 10.9. The van der Waals surface area contributed by atoms with Crippen molar-refractivity contribution < 1.29 is 9.46 Å². The van der Waals surface area contributed by atoms with Crippen LogP contribution in [0.3, 0.4) is 0 Å². The van der Waals surface area contributed by atoms with Gasteiger partial charge in [-0.25, -0.2) is 0 Å². The first-order chi connectivity index (χ1) is 6.52. The van der Waals surface area contributed by atoms with Crippen molar-refractivity contribution in [2.24, 2.45) is 0 Å². The second-order valence-electron chi connectivity index (χ2n) is 3.67. The van der Waals surface area contributed by atoms with E-state index in [1.165, 1.54) is 0 Å². The molecule has 0 aliphatic heterocycles. The van der Waals surface area contributed by atoms with Crippen LogP contribution in [0.2, 0.25) is 0 Å². The Labute approximate surface area is 85.0 Å². The van der Waals surface area contributed by atoms with Crippen molar-refractivity contribution in [3.05, 3.63) is 35.9 Å². The fraction of sp³-hybridized carbons (Fsp3) is 0.400. The second kappa shape index (κ2) is 4.65. The first-order valence-corrected chi connectivity index (χ1v) is 5.69. The zero-order valence-corrected chi connectivity index (χ0v) is 9.29. The van der Waals surface area contributed by atoms with Gasteiger partial charge in [0.1, 0.15) is 0 Å². The summed E-state index contributed by atoms with van der Waals surface area (Å²) in [5, 5.41) is 2.31. The summed E-state index contributed by atoms with van der Waals surface area (Å²) in [6.07, 6.45) is 0. The molecule has 2 N–H and O–H groups in total. The fourth-order valence-corrected chi connectivity index (χ4v) is 1.20. The molecule has 1 rings (SSSR count). The van der Waals surface area contributed by atoms with E-state index in [1.807, 2.05) is 30.3 Å². The molecular formula is C10H15NO2P+. The molecule has 1 atom stereocenters. The fourth-order valence-electron chi connectivity index (χ4n) is 0.982. The van der Waals surface area contributed by atoms with Gasteiger partial charge in [0.25, 0.3) is 0 Å². The lowest BCUT2D eigenvalue weighted by Crippen LogP contribution is -2.34. The molecule has 1 aromatic rings. The molecule has 0 radical (unpaired) electrons.